The molecule has 2 heterocycles. The zero-order chi connectivity index (χ0) is 18.8. The van der Waals surface area contributed by atoms with Gasteiger partial charge in [0.2, 0.25) is 0 Å². The Morgan fingerprint density at radius 2 is 1.96 bits per heavy atom. The molecule has 0 fully saturated rings. The molecule has 5 heteroatoms. The van der Waals surface area contributed by atoms with E-state index in [1.165, 1.54) is 22.3 Å². The Kier molecular flexibility index (Phi) is 5.09. The molecule has 1 atom stereocenters. The van der Waals surface area contributed by atoms with Crippen molar-refractivity contribution in [1.29, 1.82) is 0 Å². The molecule has 4 nitrogen and oxygen atoms in total. The van der Waals surface area contributed by atoms with E-state index in [0.29, 0.717) is 0 Å². The third kappa shape index (κ3) is 3.68. The first-order valence-corrected chi connectivity index (χ1v) is 10.1. The number of hydrogen-bond acceptors (Lipinski definition) is 3. The average Bonchev–Trinajstić information content (AvgIpc) is 3.08. The molecule has 3 aromatic rings. The van der Waals surface area contributed by atoms with Gasteiger partial charge in [0.25, 0.3) is 0 Å². The maximum absolute atomic E-state index is 4.90. The zero-order valence-corrected chi connectivity index (χ0v) is 17.0. The first kappa shape index (κ1) is 17.9. The Morgan fingerprint density at radius 1 is 1.19 bits per heavy atom. The summed E-state index contributed by atoms with van der Waals surface area (Å²) in [5.41, 5.74) is 7.16. The smallest absolute Gasteiger partial charge is 0.165 e. The summed E-state index contributed by atoms with van der Waals surface area (Å²) in [6, 6.07) is 10.9. The monoisotopic (exact) mass is 376 g/mol. The van der Waals surface area contributed by atoms with Gasteiger partial charge in [0.1, 0.15) is 5.82 Å². The van der Waals surface area contributed by atoms with Gasteiger partial charge in [-0.05, 0) is 48.5 Å². The van der Waals surface area contributed by atoms with Gasteiger partial charge in [-0.15, -0.1) is 0 Å². The van der Waals surface area contributed by atoms with Crippen LogP contribution in [0.4, 0.5) is 5.82 Å². The number of hydrogen-bond donors (Lipinski definition) is 1. The Hall–Kier alpha value is -2.45. The van der Waals surface area contributed by atoms with Crippen LogP contribution in [-0.4, -0.2) is 14.6 Å². The van der Waals surface area contributed by atoms with E-state index in [-0.39, 0.29) is 0 Å². The number of nitrogens with zero attached hydrogens (tertiary/aromatic N) is 3. The number of rotatable bonds is 5. The van der Waals surface area contributed by atoms with Crippen LogP contribution >= 0.6 is 9.24 Å². The second kappa shape index (κ2) is 7.66. The summed E-state index contributed by atoms with van der Waals surface area (Å²) in [7, 11) is 2.74. The quantitative estimate of drug-likeness (QED) is 0.666. The van der Waals surface area contributed by atoms with Crippen molar-refractivity contribution in [1.82, 2.24) is 14.6 Å². The average molecular weight is 376 g/mol. The number of benzene rings is 1. The van der Waals surface area contributed by atoms with Gasteiger partial charge in [-0.3, -0.25) is 0 Å². The highest BCUT2D eigenvalue weighted by atomic mass is 31.0. The van der Waals surface area contributed by atoms with Crippen molar-refractivity contribution in [2.75, 3.05) is 5.32 Å². The maximum Gasteiger partial charge on any atom is 0.165 e. The number of allylic oxidation sites excluding steroid dienone is 4. The molecule has 0 spiro atoms. The van der Waals surface area contributed by atoms with Crippen LogP contribution in [-0.2, 0) is 13.0 Å². The molecule has 0 amide bonds. The molecule has 0 saturated heterocycles. The largest absolute Gasteiger partial charge is 0.366 e. The van der Waals surface area contributed by atoms with Crippen LogP contribution in [0.1, 0.15) is 43.5 Å². The highest BCUT2D eigenvalue weighted by Crippen LogP contribution is 2.29. The van der Waals surface area contributed by atoms with E-state index in [0.717, 1.165) is 48.3 Å². The van der Waals surface area contributed by atoms with Gasteiger partial charge < -0.3 is 5.32 Å². The lowest BCUT2D eigenvalue weighted by atomic mass is 9.96. The lowest BCUT2D eigenvalue weighted by Crippen LogP contribution is -2.09. The van der Waals surface area contributed by atoms with Gasteiger partial charge in [0, 0.05) is 17.9 Å². The molecule has 2 aromatic heterocycles. The molecule has 1 N–H and O–H groups in total. The minimum atomic E-state index is 0.756. The zero-order valence-electron chi connectivity index (χ0n) is 15.9. The minimum absolute atomic E-state index is 0.756. The molecule has 138 valence electrons. The molecule has 0 aliphatic heterocycles. The van der Waals surface area contributed by atoms with Gasteiger partial charge in [-0.1, -0.05) is 52.6 Å². The SMILES string of the molecule is CCc1ccc(CNc2cc(C3=C(C)C=CCC3)nc3c(P)cnn23)cc1. The molecule has 4 rings (SSSR count). The highest BCUT2D eigenvalue weighted by molar-refractivity contribution is 7.28. The first-order valence-electron chi connectivity index (χ1n) is 9.48. The van der Waals surface area contributed by atoms with Gasteiger partial charge in [0.05, 0.1) is 11.9 Å². The summed E-state index contributed by atoms with van der Waals surface area (Å²) in [5, 5.41) is 9.07. The van der Waals surface area contributed by atoms with Crippen LogP contribution in [0.25, 0.3) is 11.2 Å². The van der Waals surface area contributed by atoms with Crippen LogP contribution in [0.15, 0.2) is 54.3 Å². The van der Waals surface area contributed by atoms with E-state index in [9.17, 15) is 0 Å². The third-order valence-electron chi connectivity index (χ3n) is 5.12. The Bertz CT molecular complexity index is 1030. The molecule has 1 aliphatic rings. The van der Waals surface area contributed by atoms with Crippen molar-refractivity contribution >= 4 is 31.6 Å². The van der Waals surface area contributed by atoms with Gasteiger partial charge >= 0.3 is 0 Å². The molecule has 27 heavy (non-hydrogen) atoms. The summed E-state index contributed by atoms with van der Waals surface area (Å²) >= 11 is 0. The van der Waals surface area contributed by atoms with Gasteiger partial charge in [-0.2, -0.15) is 9.61 Å². The summed E-state index contributed by atoms with van der Waals surface area (Å²) in [5.74, 6) is 0.970. The Balaban J connectivity index is 1.69. The summed E-state index contributed by atoms with van der Waals surface area (Å²) in [6.45, 7) is 5.10. The predicted octanol–water partition coefficient (Wildman–Crippen LogP) is 4.53. The predicted molar refractivity (Wildman–Crippen MR) is 116 cm³/mol. The molecule has 1 aliphatic carbocycles. The molecule has 1 unspecified atom stereocenters. The first-order chi connectivity index (χ1) is 13.2. The molecular weight excluding hydrogens is 351 g/mol. The van der Waals surface area contributed by atoms with Crippen LogP contribution in [0.3, 0.4) is 0 Å². The fourth-order valence-electron chi connectivity index (χ4n) is 3.46. The fraction of sp³-hybridized carbons (Fsp3) is 0.273. The van der Waals surface area contributed by atoms with Crippen molar-refractivity contribution in [3.05, 3.63) is 71.1 Å². The van der Waals surface area contributed by atoms with Gasteiger partial charge in [-0.25, -0.2) is 4.98 Å². The Labute approximate surface area is 162 Å². The second-order valence-corrected chi connectivity index (χ2v) is 7.61. The molecule has 0 radical (unpaired) electrons. The van der Waals surface area contributed by atoms with E-state index >= 15 is 0 Å². The van der Waals surface area contributed by atoms with Crippen molar-refractivity contribution in [2.45, 2.75) is 39.7 Å². The van der Waals surface area contributed by atoms with Gasteiger partial charge in [0.15, 0.2) is 5.65 Å². The summed E-state index contributed by atoms with van der Waals surface area (Å²) in [6.07, 6.45) is 9.44. The Morgan fingerprint density at radius 3 is 2.70 bits per heavy atom. The van der Waals surface area contributed by atoms with Crippen molar-refractivity contribution < 1.29 is 0 Å². The van der Waals surface area contributed by atoms with E-state index in [4.69, 9.17) is 4.98 Å². The van der Waals surface area contributed by atoms with Crippen molar-refractivity contribution in [2.24, 2.45) is 0 Å². The standard InChI is InChI=1S/C22H25N4P/c1-3-16-8-10-17(11-9-16)13-23-21-12-19(18-7-5-4-6-15(18)2)25-22-20(27)14-24-26(21)22/h4,6,8-12,14,23H,3,5,7,13,27H2,1-2H3. The molecular formula is C22H25N4P. The maximum atomic E-state index is 4.90. The molecule has 0 saturated carbocycles. The number of aryl methyl sites for hydroxylation is 1. The fourth-order valence-corrected chi connectivity index (χ4v) is 3.71. The highest BCUT2D eigenvalue weighted by Gasteiger charge is 2.14. The minimum Gasteiger partial charge on any atom is -0.366 e. The number of aromatic nitrogens is 3. The molecule has 0 bridgehead atoms. The number of nitrogens with one attached hydrogen (secondary N) is 1. The van der Waals surface area contributed by atoms with Crippen LogP contribution in [0.2, 0.25) is 0 Å². The van der Waals surface area contributed by atoms with E-state index in [2.05, 4.69) is 76.0 Å². The number of anilines is 1. The molecule has 1 aromatic carbocycles. The normalized spacial score (nSPS) is 14.2. The summed E-state index contributed by atoms with van der Waals surface area (Å²) < 4.78 is 1.89. The summed E-state index contributed by atoms with van der Waals surface area (Å²) in [4.78, 5) is 4.90. The van der Waals surface area contributed by atoms with Crippen molar-refractivity contribution in [3.8, 4) is 0 Å². The van der Waals surface area contributed by atoms with Crippen LogP contribution in [0.5, 0.6) is 0 Å². The second-order valence-electron chi connectivity index (χ2n) is 6.99. The van der Waals surface area contributed by atoms with Crippen LogP contribution < -0.4 is 10.6 Å². The van der Waals surface area contributed by atoms with E-state index in [1.54, 1.807) is 0 Å². The van der Waals surface area contributed by atoms with E-state index < -0.39 is 0 Å². The van der Waals surface area contributed by atoms with Crippen molar-refractivity contribution in [3.63, 3.8) is 0 Å². The lowest BCUT2D eigenvalue weighted by molar-refractivity contribution is 0.917. The van der Waals surface area contributed by atoms with Crippen LogP contribution in [0, 0.1) is 0 Å². The third-order valence-corrected chi connectivity index (χ3v) is 5.53. The lowest BCUT2D eigenvalue weighted by Gasteiger charge is -2.16. The topological polar surface area (TPSA) is 42.2 Å². The number of fused-ring (bicyclic) bond motifs is 1. The van der Waals surface area contributed by atoms with E-state index in [1.807, 2.05) is 10.7 Å².